The van der Waals surface area contributed by atoms with Crippen LogP contribution in [0.5, 0.6) is 0 Å². The van der Waals surface area contributed by atoms with Crippen molar-refractivity contribution in [1.82, 2.24) is 4.98 Å². The monoisotopic (exact) mass is 285 g/mol. The Hall–Kier alpha value is -1.79. The van der Waals surface area contributed by atoms with Crippen LogP contribution in [0.4, 0.5) is 5.69 Å². The van der Waals surface area contributed by atoms with Crippen LogP contribution < -0.4 is 16.8 Å². The third-order valence-electron chi connectivity index (χ3n) is 2.71. The SMILES string of the molecule is CC(C)[C@@H](N)C(=O)Nc1ccc2oc(=O)[nH]c2c1.Cl. The number of anilines is 1. The zero-order chi connectivity index (χ0) is 13.3. The number of aromatic nitrogens is 1. The fourth-order valence-corrected chi connectivity index (χ4v) is 1.56. The first-order chi connectivity index (χ1) is 8.47. The average Bonchev–Trinajstić information content (AvgIpc) is 2.67. The summed E-state index contributed by atoms with van der Waals surface area (Å²) in [4.78, 5) is 25.3. The Bertz CT molecular complexity index is 632. The molecule has 0 aliphatic heterocycles. The molecular formula is C12H16ClN3O3. The summed E-state index contributed by atoms with van der Waals surface area (Å²) < 4.78 is 4.87. The second-order valence-electron chi connectivity index (χ2n) is 4.48. The predicted molar refractivity (Wildman–Crippen MR) is 75.5 cm³/mol. The molecule has 0 fully saturated rings. The van der Waals surface area contributed by atoms with Crippen molar-refractivity contribution in [3.8, 4) is 0 Å². The number of halogens is 1. The Labute approximate surface area is 115 Å². The minimum absolute atomic E-state index is 0. The Morgan fingerprint density at radius 3 is 2.74 bits per heavy atom. The molecule has 1 aromatic carbocycles. The summed E-state index contributed by atoms with van der Waals surface area (Å²) in [7, 11) is 0. The smallest absolute Gasteiger partial charge is 0.408 e. The van der Waals surface area contributed by atoms with Crippen LogP contribution in [0.25, 0.3) is 11.1 Å². The molecule has 0 aliphatic rings. The molecule has 104 valence electrons. The van der Waals surface area contributed by atoms with E-state index in [9.17, 15) is 9.59 Å². The highest BCUT2D eigenvalue weighted by atomic mass is 35.5. The molecule has 1 atom stereocenters. The number of benzene rings is 1. The van der Waals surface area contributed by atoms with E-state index in [-0.39, 0.29) is 24.2 Å². The molecule has 2 aromatic rings. The van der Waals surface area contributed by atoms with Gasteiger partial charge in [0.05, 0.1) is 11.6 Å². The van der Waals surface area contributed by atoms with E-state index in [4.69, 9.17) is 10.2 Å². The second-order valence-corrected chi connectivity index (χ2v) is 4.48. The summed E-state index contributed by atoms with van der Waals surface area (Å²) in [6.45, 7) is 3.75. The Balaban J connectivity index is 0.00000180. The van der Waals surface area contributed by atoms with Crippen LogP contribution in [0.2, 0.25) is 0 Å². The molecule has 0 saturated carbocycles. The van der Waals surface area contributed by atoms with Crippen LogP contribution >= 0.6 is 12.4 Å². The molecule has 0 bridgehead atoms. The normalized spacial score (nSPS) is 12.2. The maximum Gasteiger partial charge on any atom is 0.417 e. The number of hydrogen-bond donors (Lipinski definition) is 3. The minimum atomic E-state index is -0.566. The van der Waals surface area contributed by atoms with Gasteiger partial charge in [0, 0.05) is 5.69 Å². The number of fused-ring (bicyclic) bond motifs is 1. The quantitative estimate of drug-likeness (QED) is 0.794. The van der Waals surface area contributed by atoms with Crippen LogP contribution in [0.3, 0.4) is 0 Å². The van der Waals surface area contributed by atoms with Gasteiger partial charge in [0.1, 0.15) is 0 Å². The van der Waals surface area contributed by atoms with Crippen LogP contribution in [0.1, 0.15) is 13.8 Å². The van der Waals surface area contributed by atoms with Crippen molar-refractivity contribution in [3.05, 3.63) is 28.7 Å². The van der Waals surface area contributed by atoms with Crippen molar-refractivity contribution in [3.63, 3.8) is 0 Å². The van der Waals surface area contributed by atoms with E-state index in [0.29, 0.717) is 16.8 Å². The Morgan fingerprint density at radius 2 is 2.11 bits per heavy atom. The van der Waals surface area contributed by atoms with Gasteiger partial charge in [0.15, 0.2) is 5.58 Å². The third-order valence-corrected chi connectivity index (χ3v) is 2.71. The number of oxazole rings is 1. The fourth-order valence-electron chi connectivity index (χ4n) is 1.56. The van der Waals surface area contributed by atoms with Crippen molar-refractivity contribution in [1.29, 1.82) is 0 Å². The van der Waals surface area contributed by atoms with Gasteiger partial charge < -0.3 is 15.5 Å². The van der Waals surface area contributed by atoms with E-state index < -0.39 is 11.8 Å². The van der Waals surface area contributed by atoms with Gasteiger partial charge >= 0.3 is 5.76 Å². The number of carbonyl (C=O) groups is 1. The van der Waals surface area contributed by atoms with Crippen LogP contribution in [-0.4, -0.2) is 16.9 Å². The van der Waals surface area contributed by atoms with Gasteiger partial charge in [-0.2, -0.15) is 0 Å². The average molecular weight is 286 g/mol. The predicted octanol–water partition coefficient (Wildman–Crippen LogP) is 1.46. The van der Waals surface area contributed by atoms with Crippen LogP contribution in [0.15, 0.2) is 27.4 Å². The molecule has 4 N–H and O–H groups in total. The van der Waals surface area contributed by atoms with Crippen molar-refractivity contribution >= 4 is 35.1 Å². The Morgan fingerprint density at radius 1 is 1.42 bits per heavy atom. The van der Waals surface area contributed by atoms with E-state index in [1.54, 1.807) is 18.2 Å². The maximum absolute atomic E-state index is 11.8. The maximum atomic E-state index is 11.8. The molecule has 0 aliphatic carbocycles. The van der Waals surface area contributed by atoms with E-state index in [1.807, 2.05) is 13.8 Å². The molecule has 19 heavy (non-hydrogen) atoms. The number of amides is 1. The number of hydrogen-bond acceptors (Lipinski definition) is 4. The van der Waals surface area contributed by atoms with Gasteiger partial charge in [-0.15, -0.1) is 12.4 Å². The second kappa shape index (κ2) is 5.90. The lowest BCUT2D eigenvalue weighted by Crippen LogP contribution is -2.39. The first-order valence-corrected chi connectivity index (χ1v) is 5.66. The molecule has 0 saturated heterocycles. The standard InChI is InChI=1S/C12H15N3O3.ClH/c1-6(2)10(13)11(16)14-7-3-4-9-8(5-7)15-12(17)18-9;/h3-6,10H,13H2,1-2H3,(H,14,16)(H,15,17);1H/t10-;/m1./s1. The van der Waals surface area contributed by atoms with E-state index in [1.165, 1.54) is 0 Å². The van der Waals surface area contributed by atoms with Gasteiger partial charge in [-0.3, -0.25) is 9.78 Å². The molecule has 7 heteroatoms. The van der Waals surface area contributed by atoms with E-state index >= 15 is 0 Å². The van der Waals surface area contributed by atoms with E-state index in [2.05, 4.69) is 10.3 Å². The number of nitrogens with one attached hydrogen (secondary N) is 2. The number of aromatic amines is 1. The van der Waals surface area contributed by atoms with Crippen LogP contribution in [-0.2, 0) is 4.79 Å². The van der Waals surface area contributed by atoms with E-state index in [0.717, 1.165) is 0 Å². The van der Waals surface area contributed by atoms with Crippen molar-refractivity contribution < 1.29 is 9.21 Å². The molecule has 1 heterocycles. The topological polar surface area (TPSA) is 101 Å². The number of H-pyrrole nitrogens is 1. The summed E-state index contributed by atoms with van der Waals surface area (Å²) >= 11 is 0. The lowest BCUT2D eigenvalue weighted by atomic mass is 10.0. The number of nitrogens with two attached hydrogens (primary N) is 1. The summed E-state index contributed by atoms with van der Waals surface area (Å²) in [6.07, 6.45) is 0. The third kappa shape index (κ3) is 3.36. The van der Waals surface area contributed by atoms with Crippen molar-refractivity contribution in [2.24, 2.45) is 11.7 Å². The largest absolute Gasteiger partial charge is 0.417 e. The summed E-state index contributed by atoms with van der Waals surface area (Å²) in [5, 5.41) is 2.70. The summed E-state index contributed by atoms with van der Waals surface area (Å²) in [6, 6.07) is 4.34. The minimum Gasteiger partial charge on any atom is -0.408 e. The molecule has 1 aromatic heterocycles. The van der Waals surface area contributed by atoms with Crippen molar-refractivity contribution in [2.75, 3.05) is 5.32 Å². The first kappa shape index (κ1) is 15.3. The molecule has 0 unspecified atom stereocenters. The highest BCUT2D eigenvalue weighted by Crippen LogP contribution is 2.16. The summed E-state index contributed by atoms with van der Waals surface area (Å²) in [5.41, 5.74) is 7.29. The molecule has 1 amide bonds. The zero-order valence-electron chi connectivity index (χ0n) is 10.6. The Kier molecular flexibility index (Phi) is 4.74. The summed E-state index contributed by atoms with van der Waals surface area (Å²) in [5.74, 6) is -0.718. The van der Waals surface area contributed by atoms with Crippen LogP contribution in [0, 0.1) is 5.92 Å². The van der Waals surface area contributed by atoms with Gasteiger partial charge in [-0.25, -0.2) is 4.79 Å². The molecule has 0 spiro atoms. The van der Waals surface area contributed by atoms with Gasteiger partial charge in [0.2, 0.25) is 5.91 Å². The fraction of sp³-hybridized carbons (Fsp3) is 0.333. The molecule has 0 radical (unpaired) electrons. The zero-order valence-corrected chi connectivity index (χ0v) is 11.4. The number of carbonyl (C=O) groups excluding carboxylic acids is 1. The molecular weight excluding hydrogens is 270 g/mol. The van der Waals surface area contributed by atoms with Crippen molar-refractivity contribution in [2.45, 2.75) is 19.9 Å². The van der Waals surface area contributed by atoms with Gasteiger partial charge in [-0.1, -0.05) is 13.8 Å². The van der Waals surface area contributed by atoms with Gasteiger partial charge in [-0.05, 0) is 24.1 Å². The lowest BCUT2D eigenvalue weighted by Gasteiger charge is -2.15. The lowest BCUT2D eigenvalue weighted by molar-refractivity contribution is -0.118. The molecule has 6 nitrogen and oxygen atoms in total. The molecule has 2 rings (SSSR count). The first-order valence-electron chi connectivity index (χ1n) is 5.66. The highest BCUT2D eigenvalue weighted by Gasteiger charge is 2.17. The van der Waals surface area contributed by atoms with Gasteiger partial charge in [0.25, 0.3) is 0 Å². The number of rotatable bonds is 3. The highest BCUT2D eigenvalue weighted by molar-refractivity contribution is 5.96.